The standard InChI is InChI=1S/C9H15N3O/c10-7-9(1-6-13-8-9)12-4-2-11-3-5-12/h11H,1-6,8H2. The highest BCUT2D eigenvalue weighted by Crippen LogP contribution is 2.25. The zero-order chi connectivity index (χ0) is 9.15. The molecule has 2 aliphatic rings. The fraction of sp³-hybridized carbons (Fsp3) is 0.889. The fourth-order valence-electron chi connectivity index (χ4n) is 2.06. The van der Waals surface area contributed by atoms with Gasteiger partial charge in [-0.1, -0.05) is 0 Å². The van der Waals surface area contributed by atoms with E-state index >= 15 is 0 Å². The van der Waals surface area contributed by atoms with Gasteiger partial charge in [0.05, 0.1) is 12.7 Å². The third kappa shape index (κ3) is 1.55. The molecule has 2 fully saturated rings. The molecule has 0 aromatic heterocycles. The second kappa shape index (κ2) is 3.62. The van der Waals surface area contributed by atoms with Crippen molar-refractivity contribution in [2.24, 2.45) is 0 Å². The monoisotopic (exact) mass is 181 g/mol. The van der Waals surface area contributed by atoms with Gasteiger partial charge in [-0.15, -0.1) is 0 Å². The Balaban J connectivity index is 2.06. The van der Waals surface area contributed by atoms with E-state index in [4.69, 9.17) is 4.74 Å². The van der Waals surface area contributed by atoms with Crippen LogP contribution in [0.3, 0.4) is 0 Å². The predicted octanol–water partition coefficient (Wildman–Crippen LogP) is -0.426. The molecule has 1 unspecified atom stereocenters. The number of nitrogens with zero attached hydrogens (tertiary/aromatic N) is 2. The molecule has 13 heavy (non-hydrogen) atoms. The molecule has 0 bridgehead atoms. The summed E-state index contributed by atoms with van der Waals surface area (Å²) in [5.41, 5.74) is -0.317. The van der Waals surface area contributed by atoms with Crippen molar-refractivity contribution in [3.8, 4) is 6.07 Å². The van der Waals surface area contributed by atoms with Gasteiger partial charge in [0.1, 0.15) is 5.54 Å². The van der Waals surface area contributed by atoms with Crippen molar-refractivity contribution in [1.82, 2.24) is 10.2 Å². The highest BCUT2D eigenvalue weighted by atomic mass is 16.5. The summed E-state index contributed by atoms with van der Waals surface area (Å²) in [7, 11) is 0. The Labute approximate surface area is 78.5 Å². The number of hydrogen-bond donors (Lipinski definition) is 1. The summed E-state index contributed by atoms with van der Waals surface area (Å²) in [6, 6.07) is 2.42. The topological polar surface area (TPSA) is 48.3 Å². The Hall–Kier alpha value is -0.630. The van der Waals surface area contributed by atoms with E-state index in [1.54, 1.807) is 0 Å². The Morgan fingerprint density at radius 3 is 2.69 bits per heavy atom. The van der Waals surface area contributed by atoms with Gasteiger partial charge in [-0.2, -0.15) is 5.26 Å². The summed E-state index contributed by atoms with van der Waals surface area (Å²) in [5.74, 6) is 0. The summed E-state index contributed by atoms with van der Waals surface area (Å²) >= 11 is 0. The Bertz CT molecular complexity index is 211. The van der Waals surface area contributed by atoms with Crippen LogP contribution < -0.4 is 5.32 Å². The van der Waals surface area contributed by atoms with Crippen LogP contribution >= 0.6 is 0 Å². The van der Waals surface area contributed by atoms with Gasteiger partial charge in [0.15, 0.2) is 0 Å². The van der Waals surface area contributed by atoms with Gasteiger partial charge in [-0.3, -0.25) is 4.90 Å². The quantitative estimate of drug-likeness (QED) is 0.596. The van der Waals surface area contributed by atoms with Gasteiger partial charge in [-0.25, -0.2) is 0 Å². The lowest BCUT2D eigenvalue weighted by atomic mass is 9.97. The number of nitriles is 1. The minimum atomic E-state index is -0.317. The second-order valence-electron chi connectivity index (χ2n) is 3.68. The average molecular weight is 181 g/mol. The summed E-state index contributed by atoms with van der Waals surface area (Å²) in [4.78, 5) is 2.26. The van der Waals surface area contributed by atoms with Crippen molar-refractivity contribution in [2.45, 2.75) is 12.0 Å². The lowest BCUT2D eigenvalue weighted by Gasteiger charge is -2.37. The van der Waals surface area contributed by atoms with E-state index < -0.39 is 0 Å². The van der Waals surface area contributed by atoms with Gasteiger partial charge < -0.3 is 10.1 Å². The Kier molecular flexibility index (Phi) is 2.49. The normalized spacial score (nSPS) is 35.9. The van der Waals surface area contributed by atoms with Crippen molar-refractivity contribution < 1.29 is 4.74 Å². The van der Waals surface area contributed by atoms with Gasteiger partial charge in [0, 0.05) is 39.2 Å². The highest BCUT2D eigenvalue weighted by molar-refractivity contribution is 5.11. The van der Waals surface area contributed by atoms with Crippen molar-refractivity contribution >= 4 is 0 Å². The molecule has 0 aromatic rings. The zero-order valence-corrected chi connectivity index (χ0v) is 7.75. The molecule has 2 aliphatic heterocycles. The first-order valence-electron chi connectivity index (χ1n) is 4.82. The first-order valence-corrected chi connectivity index (χ1v) is 4.82. The van der Waals surface area contributed by atoms with Crippen LogP contribution in [0.4, 0.5) is 0 Å². The maximum atomic E-state index is 9.18. The van der Waals surface area contributed by atoms with E-state index in [1.807, 2.05) is 0 Å². The maximum absolute atomic E-state index is 9.18. The van der Waals surface area contributed by atoms with E-state index in [1.165, 1.54) is 0 Å². The first kappa shape index (κ1) is 8.95. The van der Waals surface area contributed by atoms with E-state index in [9.17, 15) is 5.26 Å². The number of nitrogens with one attached hydrogen (secondary N) is 1. The van der Waals surface area contributed by atoms with Crippen molar-refractivity contribution in [3.05, 3.63) is 0 Å². The van der Waals surface area contributed by atoms with Crippen LogP contribution in [-0.4, -0.2) is 49.8 Å². The molecule has 0 aromatic carbocycles. The molecule has 1 N–H and O–H groups in total. The lowest BCUT2D eigenvalue weighted by Crippen LogP contribution is -2.56. The molecule has 4 heteroatoms. The summed E-state index contributed by atoms with van der Waals surface area (Å²) in [5, 5.41) is 12.5. The largest absolute Gasteiger partial charge is 0.378 e. The second-order valence-corrected chi connectivity index (χ2v) is 3.68. The number of hydrogen-bond acceptors (Lipinski definition) is 4. The minimum Gasteiger partial charge on any atom is -0.378 e. The van der Waals surface area contributed by atoms with Crippen LogP contribution in [0.25, 0.3) is 0 Å². The fourth-order valence-corrected chi connectivity index (χ4v) is 2.06. The number of piperazine rings is 1. The Morgan fingerprint density at radius 2 is 2.15 bits per heavy atom. The minimum absolute atomic E-state index is 0.317. The van der Waals surface area contributed by atoms with Crippen LogP contribution in [0.2, 0.25) is 0 Å². The van der Waals surface area contributed by atoms with Crippen LogP contribution in [0.5, 0.6) is 0 Å². The highest BCUT2D eigenvalue weighted by Gasteiger charge is 2.41. The van der Waals surface area contributed by atoms with Crippen molar-refractivity contribution in [3.63, 3.8) is 0 Å². The van der Waals surface area contributed by atoms with Crippen LogP contribution in [0.1, 0.15) is 6.42 Å². The molecule has 0 amide bonds. The molecule has 4 nitrogen and oxygen atoms in total. The average Bonchev–Trinajstić information content (AvgIpc) is 2.69. The molecule has 2 rings (SSSR count). The molecule has 2 saturated heterocycles. The molecule has 0 aliphatic carbocycles. The van der Waals surface area contributed by atoms with Crippen molar-refractivity contribution in [2.75, 3.05) is 39.4 Å². The van der Waals surface area contributed by atoms with E-state index in [0.717, 1.165) is 39.2 Å². The third-order valence-electron chi connectivity index (χ3n) is 2.93. The number of ether oxygens (including phenoxy) is 1. The van der Waals surface area contributed by atoms with E-state index in [0.29, 0.717) is 6.61 Å². The molecule has 0 spiro atoms. The van der Waals surface area contributed by atoms with Gasteiger partial charge in [-0.05, 0) is 0 Å². The maximum Gasteiger partial charge on any atom is 0.135 e. The van der Waals surface area contributed by atoms with Crippen LogP contribution in [-0.2, 0) is 4.74 Å². The van der Waals surface area contributed by atoms with E-state index in [-0.39, 0.29) is 5.54 Å². The van der Waals surface area contributed by atoms with Crippen LogP contribution in [0.15, 0.2) is 0 Å². The molecule has 2 heterocycles. The van der Waals surface area contributed by atoms with Gasteiger partial charge in [0.25, 0.3) is 0 Å². The van der Waals surface area contributed by atoms with Crippen molar-refractivity contribution in [1.29, 1.82) is 5.26 Å². The predicted molar refractivity (Wildman–Crippen MR) is 48.2 cm³/mol. The molecular formula is C9H15N3O. The smallest absolute Gasteiger partial charge is 0.135 e. The summed E-state index contributed by atoms with van der Waals surface area (Å²) in [6.45, 7) is 5.24. The van der Waals surface area contributed by atoms with Gasteiger partial charge >= 0.3 is 0 Å². The van der Waals surface area contributed by atoms with Crippen LogP contribution in [0, 0.1) is 11.3 Å². The molecule has 1 atom stereocenters. The molecule has 0 saturated carbocycles. The Morgan fingerprint density at radius 1 is 1.38 bits per heavy atom. The van der Waals surface area contributed by atoms with Gasteiger partial charge in [0.2, 0.25) is 0 Å². The molecule has 0 radical (unpaired) electrons. The first-order chi connectivity index (χ1) is 6.37. The summed E-state index contributed by atoms with van der Waals surface area (Å²) in [6.07, 6.45) is 0.865. The molecular weight excluding hydrogens is 166 g/mol. The SMILES string of the molecule is N#CC1(N2CCNCC2)CCOC1. The summed E-state index contributed by atoms with van der Waals surface area (Å²) < 4.78 is 5.32. The zero-order valence-electron chi connectivity index (χ0n) is 7.75. The van der Waals surface area contributed by atoms with E-state index in [2.05, 4.69) is 16.3 Å². The third-order valence-corrected chi connectivity index (χ3v) is 2.93. The lowest BCUT2D eigenvalue weighted by molar-refractivity contribution is 0.0935. The molecule has 72 valence electrons. The number of rotatable bonds is 1.